The second kappa shape index (κ2) is 4.73. The van der Waals surface area contributed by atoms with Gasteiger partial charge >= 0.3 is 0 Å². The molecule has 1 N–H and O–H groups in total. The standard InChI is InChI=1S/C17H26O2/c1-10(2)15-9-13-8-14(18)7-12(5)16(13)19-17(15,6)11(3)4/h7-8,10-11,15,18H,9H2,1-6H3. The first-order valence-electron chi connectivity index (χ1n) is 7.27. The summed E-state index contributed by atoms with van der Waals surface area (Å²) in [4.78, 5) is 0. The Morgan fingerprint density at radius 3 is 2.42 bits per heavy atom. The number of fused-ring (bicyclic) bond motifs is 1. The number of rotatable bonds is 2. The SMILES string of the molecule is Cc1cc(O)cc2c1OC(C)(C(C)C)C(C(C)C)C2. The fourth-order valence-corrected chi connectivity index (χ4v) is 3.30. The molecule has 2 nitrogen and oxygen atoms in total. The van der Waals surface area contributed by atoms with Gasteiger partial charge in [-0.15, -0.1) is 0 Å². The Balaban J connectivity index is 2.51. The first-order chi connectivity index (χ1) is 8.75. The maximum Gasteiger partial charge on any atom is 0.126 e. The summed E-state index contributed by atoms with van der Waals surface area (Å²) in [6.07, 6.45) is 0.983. The number of benzene rings is 1. The van der Waals surface area contributed by atoms with Gasteiger partial charge in [-0.05, 0) is 55.4 Å². The van der Waals surface area contributed by atoms with E-state index >= 15 is 0 Å². The molecule has 0 saturated heterocycles. The van der Waals surface area contributed by atoms with Crippen LogP contribution in [0.1, 0.15) is 45.7 Å². The van der Waals surface area contributed by atoms with Gasteiger partial charge in [-0.3, -0.25) is 0 Å². The zero-order valence-corrected chi connectivity index (χ0v) is 12.9. The highest BCUT2D eigenvalue weighted by molar-refractivity contribution is 5.48. The minimum atomic E-state index is -0.136. The zero-order valence-electron chi connectivity index (χ0n) is 12.9. The molecule has 1 aromatic rings. The van der Waals surface area contributed by atoms with Gasteiger partial charge in [0.2, 0.25) is 0 Å². The molecule has 0 saturated carbocycles. The highest BCUT2D eigenvalue weighted by atomic mass is 16.5. The number of aryl methyl sites for hydroxylation is 1. The third kappa shape index (κ3) is 2.33. The Kier molecular flexibility index (Phi) is 3.55. The van der Waals surface area contributed by atoms with Gasteiger partial charge in [0.25, 0.3) is 0 Å². The Bertz CT molecular complexity index is 476. The summed E-state index contributed by atoms with van der Waals surface area (Å²) in [5, 5.41) is 9.78. The third-order valence-electron chi connectivity index (χ3n) is 4.79. The largest absolute Gasteiger partial charge is 0.508 e. The van der Waals surface area contributed by atoms with E-state index < -0.39 is 0 Å². The molecular formula is C17H26O2. The maximum absolute atomic E-state index is 9.78. The number of phenolic OH excluding ortho intramolecular Hbond substituents is 1. The maximum atomic E-state index is 9.78. The van der Waals surface area contributed by atoms with E-state index in [1.807, 2.05) is 13.0 Å². The molecule has 0 spiro atoms. The summed E-state index contributed by atoms with van der Waals surface area (Å²) in [6, 6.07) is 3.65. The molecule has 2 unspecified atom stereocenters. The second-order valence-corrected chi connectivity index (χ2v) is 6.75. The number of aromatic hydroxyl groups is 1. The Morgan fingerprint density at radius 1 is 1.26 bits per heavy atom. The predicted octanol–water partition coefficient (Wildman–Crippen LogP) is 4.32. The highest BCUT2D eigenvalue weighted by Gasteiger charge is 2.45. The van der Waals surface area contributed by atoms with E-state index in [9.17, 15) is 5.11 Å². The van der Waals surface area contributed by atoms with Crippen LogP contribution in [0.5, 0.6) is 11.5 Å². The Morgan fingerprint density at radius 2 is 1.89 bits per heavy atom. The van der Waals surface area contributed by atoms with Gasteiger partial charge in [0.15, 0.2) is 0 Å². The second-order valence-electron chi connectivity index (χ2n) is 6.75. The van der Waals surface area contributed by atoms with Crippen LogP contribution >= 0.6 is 0 Å². The van der Waals surface area contributed by atoms with Crippen molar-refractivity contribution in [3.05, 3.63) is 23.3 Å². The number of hydrogen-bond acceptors (Lipinski definition) is 2. The van der Waals surface area contributed by atoms with Crippen LogP contribution in [0.2, 0.25) is 0 Å². The lowest BCUT2D eigenvalue weighted by Crippen LogP contribution is -2.51. The van der Waals surface area contributed by atoms with Gasteiger partial charge in [0.1, 0.15) is 17.1 Å². The molecule has 2 heteroatoms. The average molecular weight is 262 g/mol. The van der Waals surface area contributed by atoms with Crippen LogP contribution < -0.4 is 4.74 Å². The van der Waals surface area contributed by atoms with Crippen LogP contribution in [0.15, 0.2) is 12.1 Å². The van der Waals surface area contributed by atoms with Gasteiger partial charge in [0.05, 0.1) is 0 Å². The van der Waals surface area contributed by atoms with Crippen molar-refractivity contribution in [3.8, 4) is 11.5 Å². The molecule has 1 heterocycles. The van der Waals surface area contributed by atoms with Crippen LogP contribution in [-0.4, -0.2) is 10.7 Å². The predicted molar refractivity (Wildman–Crippen MR) is 78.7 cm³/mol. The average Bonchev–Trinajstić information content (AvgIpc) is 2.29. The number of hydrogen-bond donors (Lipinski definition) is 1. The van der Waals surface area contributed by atoms with E-state index in [2.05, 4.69) is 34.6 Å². The van der Waals surface area contributed by atoms with Crippen molar-refractivity contribution >= 4 is 0 Å². The minimum Gasteiger partial charge on any atom is -0.508 e. The molecule has 1 aliphatic rings. The van der Waals surface area contributed by atoms with Crippen LogP contribution in [0, 0.1) is 24.7 Å². The van der Waals surface area contributed by atoms with E-state index in [1.54, 1.807) is 6.07 Å². The van der Waals surface area contributed by atoms with Gasteiger partial charge < -0.3 is 9.84 Å². The lowest BCUT2D eigenvalue weighted by atomic mass is 9.69. The lowest BCUT2D eigenvalue weighted by Gasteiger charge is -2.47. The van der Waals surface area contributed by atoms with Crippen molar-refractivity contribution in [1.29, 1.82) is 0 Å². The Hall–Kier alpha value is -1.18. The third-order valence-corrected chi connectivity index (χ3v) is 4.79. The first kappa shape index (κ1) is 14.2. The topological polar surface area (TPSA) is 29.5 Å². The summed E-state index contributed by atoms with van der Waals surface area (Å²) in [5.74, 6) is 2.81. The Labute approximate surface area is 116 Å². The molecule has 0 fully saturated rings. The van der Waals surface area contributed by atoms with E-state index in [4.69, 9.17) is 4.74 Å². The van der Waals surface area contributed by atoms with E-state index in [0.29, 0.717) is 23.5 Å². The van der Waals surface area contributed by atoms with Crippen molar-refractivity contribution < 1.29 is 9.84 Å². The summed E-state index contributed by atoms with van der Waals surface area (Å²) >= 11 is 0. The lowest BCUT2D eigenvalue weighted by molar-refractivity contribution is -0.0489. The highest BCUT2D eigenvalue weighted by Crippen LogP contribution is 2.46. The molecule has 2 rings (SSSR count). The first-order valence-corrected chi connectivity index (χ1v) is 7.27. The molecule has 2 atom stereocenters. The molecule has 0 amide bonds. The summed E-state index contributed by atoms with van der Waals surface area (Å²) in [5.41, 5.74) is 2.04. The fraction of sp³-hybridized carbons (Fsp3) is 0.647. The van der Waals surface area contributed by atoms with Crippen molar-refractivity contribution in [3.63, 3.8) is 0 Å². The normalized spacial score (nSPS) is 26.4. The summed E-state index contributed by atoms with van der Waals surface area (Å²) in [6.45, 7) is 13.2. The van der Waals surface area contributed by atoms with Gasteiger partial charge in [-0.25, -0.2) is 0 Å². The smallest absolute Gasteiger partial charge is 0.126 e. The molecule has 19 heavy (non-hydrogen) atoms. The van der Waals surface area contributed by atoms with Crippen LogP contribution in [-0.2, 0) is 6.42 Å². The molecule has 0 aromatic heterocycles. The number of phenols is 1. The molecule has 0 bridgehead atoms. The van der Waals surface area contributed by atoms with Crippen molar-refractivity contribution in [1.82, 2.24) is 0 Å². The zero-order chi connectivity index (χ0) is 14.4. The van der Waals surface area contributed by atoms with Crippen LogP contribution in [0.4, 0.5) is 0 Å². The monoisotopic (exact) mass is 262 g/mol. The van der Waals surface area contributed by atoms with Gasteiger partial charge in [-0.2, -0.15) is 0 Å². The van der Waals surface area contributed by atoms with E-state index in [1.165, 1.54) is 0 Å². The van der Waals surface area contributed by atoms with Crippen molar-refractivity contribution in [2.24, 2.45) is 17.8 Å². The van der Waals surface area contributed by atoms with Gasteiger partial charge in [-0.1, -0.05) is 27.7 Å². The number of ether oxygens (including phenoxy) is 1. The van der Waals surface area contributed by atoms with Crippen molar-refractivity contribution in [2.45, 2.75) is 53.6 Å². The van der Waals surface area contributed by atoms with Gasteiger partial charge in [0, 0.05) is 5.92 Å². The van der Waals surface area contributed by atoms with E-state index in [-0.39, 0.29) is 5.60 Å². The summed E-state index contributed by atoms with van der Waals surface area (Å²) < 4.78 is 6.43. The fourth-order valence-electron chi connectivity index (χ4n) is 3.30. The summed E-state index contributed by atoms with van der Waals surface area (Å²) in [7, 11) is 0. The molecule has 1 aliphatic heterocycles. The molecular weight excluding hydrogens is 236 g/mol. The molecule has 1 aromatic carbocycles. The molecule has 0 aliphatic carbocycles. The quantitative estimate of drug-likeness (QED) is 0.860. The molecule has 106 valence electrons. The van der Waals surface area contributed by atoms with Crippen LogP contribution in [0.25, 0.3) is 0 Å². The van der Waals surface area contributed by atoms with Crippen LogP contribution in [0.3, 0.4) is 0 Å². The molecule has 0 radical (unpaired) electrons. The minimum absolute atomic E-state index is 0.136. The van der Waals surface area contributed by atoms with Crippen molar-refractivity contribution in [2.75, 3.05) is 0 Å². The van der Waals surface area contributed by atoms with E-state index in [0.717, 1.165) is 23.3 Å².